The molecule has 1 heteroatoms. The van der Waals surface area contributed by atoms with Gasteiger partial charge >= 0.3 is 0 Å². The zero-order valence-electron chi connectivity index (χ0n) is 45.3. The van der Waals surface area contributed by atoms with E-state index in [1.165, 1.54) is 117 Å². The van der Waals surface area contributed by atoms with Crippen molar-refractivity contribution in [3.63, 3.8) is 0 Å². The van der Waals surface area contributed by atoms with Gasteiger partial charge in [0.1, 0.15) is 0 Å². The highest BCUT2D eigenvalue weighted by Crippen LogP contribution is 2.67. The molecule has 0 aliphatic heterocycles. The van der Waals surface area contributed by atoms with E-state index in [1.54, 1.807) is 0 Å². The molecule has 0 fully saturated rings. The molecule has 11 aromatic carbocycles. The molecule has 2 atom stereocenters. The maximum Gasteiger partial charge on any atom is 0.193 e. The fraction of sp³-hybridized carbons (Fsp3) is 0.0875. The topological polar surface area (TPSA) is 17.1 Å². The van der Waals surface area contributed by atoms with Crippen molar-refractivity contribution < 1.29 is 4.79 Å². The van der Waals surface area contributed by atoms with Crippen molar-refractivity contribution >= 4 is 16.9 Å². The Labute approximate surface area is 473 Å². The molecule has 11 aromatic rings. The smallest absolute Gasteiger partial charge is 0.193 e. The predicted molar refractivity (Wildman–Crippen MR) is 332 cm³/mol. The Morgan fingerprint density at radius 1 is 0.321 bits per heavy atom. The van der Waals surface area contributed by atoms with Gasteiger partial charge in [-0.1, -0.05) is 251 Å². The molecule has 7 aliphatic carbocycles. The van der Waals surface area contributed by atoms with Gasteiger partial charge in [-0.05, 0) is 187 Å². The summed E-state index contributed by atoms with van der Waals surface area (Å²) in [6.07, 6.45) is 6.79. The number of rotatable bonds is 4. The lowest BCUT2D eigenvalue weighted by Crippen LogP contribution is -2.28. The summed E-state index contributed by atoms with van der Waals surface area (Å²) in [4.78, 5) is 15.7. The van der Waals surface area contributed by atoms with Crippen LogP contribution in [0.15, 0.2) is 267 Å². The number of benzene rings is 11. The van der Waals surface area contributed by atoms with Crippen LogP contribution in [0, 0.1) is 0 Å². The third-order valence-corrected chi connectivity index (χ3v) is 19.6. The molecule has 0 radical (unpaired) electrons. The quantitative estimate of drug-likeness (QED) is 0.161. The Hall–Kier alpha value is -9.69. The molecule has 18 rings (SSSR count). The summed E-state index contributed by atoms with van der Waals surface area (Å²) in [5, 5.41) is 0. The Kier molecular flexibility index (Phi) is 9.52. The summed E-state index contributed by atoms with van der Waals surface area (Å²) in [5.41, 5.74) is 33.4. The third-order valence-electron chi connectivity index (χ3n) is 19.6. The molecule has 3 spiro atoms. The van der Waals surface area contributed by atoms with E-state index in [0.717, 1.165) is 46.2 Å². The molecule has 0 saturated heterocycles. The van der Waals surface area contributed by atoms with Crippen LogP contribution in [0.5, 0.6) is 0 Å². The summed E-state index contributed by atoms with van der Waals surface area (Å²) >= 11 is 0. The van der Waals surface area contributed by atoms with Gasteiger partial charge in [0.05, 0.1) is 16.2 Å². The van der Waals surface area contributed by atoms with Gasteiger partial charge in [0.25, 0.3) is 0 Å². The lowest BCUT2D eigenvalue weighted by molar-refractivity contribution is 0.103. The van der Waals surface area contributed by atoms with E-state index in [-0.39, 0.29) is 11.2 Å². The molecule has 81 heavy (non-hydrogen) atoms. The van der Waals surface area contributed by atoms with Crippen molar-refractivity contribution in [2.45, 2.75) is 42.9 Å². The normalized spacial score (nSPS) is 18.1. The Balaban J connectivity index is 0.00000259. The van der Waals surface area contributed by atoms with E-state index < -0.39 is 10.8 Å². The second-order valence-corrected chi connectivity index (χ2v) is 22.8. The minimum Gasteiger partial charge on any atom is -0.289 e. The minimum absolute atomic E-state index is 0.0181. The maximum atomic E-state index is 15.7. The van der Waals surface area contributed by atoms with E-state index in [0.29, 0.717) is 11.1 Å². The molecule has 0 saturated carbocycles. The van der Waals surface area contributed by atoms with Crippen molar-refractivity contribution in [3.8, 4) is 55.6 Å². The van der Waals surface area contributed by atoms with Crippen LogP contribution in [0.2, 0.25) is 0 Å². The minimum atomic E-state index is -0.681. The van der Waals surface area contributed by atoms with Crippen molar-refractivity contribution in [3.05, 3.63) is 356 Å². The van der Waals surface area contributed by atoms with E-state index in [4.69, 9.17) is 6.58 Å². The number of ketones is 1. The first-order valence-corrected chi connectivity index (χ1v) is 28.9. The first kappa shape index (κ1) is 46.2. The van der Waals surface area contributed by atoms with Crippen LogP contribution in [-0.2, 0) is 16.2 Å². The predicted octanol–water partition coefficient (Wildman–Crippen LogP) is 19.1. The van der Waals surface area contributed by atoms with Crippen LogP contribution in [-0.4, -0.2) is 5.78 Å². The zero-order valence-corrected chi connectivity index (χ0v) is 45.3. The van der Waals surface area contributed by atoms with Crippen molar-refractivity contribution in [2.75, 3.05) is 0 Å². The average Bonchev–Trinajstić information content (AvgIpc) is 3.53. The molecule has 1 nitrogen and oxygen atoms in total. The van der Waals surface area contributed by atoms with E-state index in [1.807, 2.05) is 13.8 Å². The number of hydrogen-bond acceptors (Lipinski definition) is 1. The lowest BCUT2D eigenvalue weighted by atomic mass is 9.68. The van der Waals surface area contributed by atoms with Gasteiger partial charge in [-0.3, -0.25) is 4.79 Å². The van der Waals surface area contributed by atoms with Gasteiger partial charge in [0, 0.05) is 11.1 Å². The van der Waals surface area contributed by atoms with Crippen LogP contribution >= 0.6 is 0 Å². The molecule has 0 aromatic heterocycles. The van der Waals surface area contributed by atoms with Crippen molar-refractivity contribution in [1.82, 2.24) is 0 Å². The third kappa shape index (κ3) is 5.59. The van der Waals surface area contributed by atoms with Gasteiger partial charge in [-0.2, -0.15) is 0 Å². The number of carbonyl (C=O) groups is 1. The summed E-state index contributed by atoms with van der Waals surface area (Å²) in [5.74, 6) is 0.0181. The second-order valence-electron chi connectivity index (χ2n) is 22.8. The van der Waals surface area contributed by atoms with E-state index in [9.17, 15) is 0 Å². The first-order chi connectivity index (χ1) is 40.0. The van der Waals surface area contributed by atoms with Gasteiger partial charge in [-0.15, -0.1) is 0 Å². The zero-order chi connectivity index (χ0) is 53.9. The SMILES string of the molecule is C=C(c1ccc2c(c1)C1(C3=C(C=CCC3)c3ccccc31)c1ccccc1-2)c1ccc2c(c1)C1(c3ccccc3-2)c2ccccc2-c2ccc(C(=O)c3ccc4c(c3)C3(c5ccccc5-c5ccccc53)c3ccccc3-4)cc21.CC. The summed E-state index contributed by atoms with van der Waals surface area (Å²) in [6.45, 7) is 8.98. The molecular formula is C80H54O. The van der Waals surface area contributed by atoms with Crippen LogP contribution in [0.1, 0.15) is 120 Å². The van der Waals surface area contributed by atoms with Crippen LogP contribution in [0.25, 0.3) is 66.8 Å². The second kappa shape index (κ2) is 16.7. The Morgan fingerprint density at radius 3 is 0.975 bits per heavy atom. The monoisotopic (exact) mass is 1030 g/mol. The van der Waals surface area contributed by atoms with E-state index in [2.05, 4.69) is 255 Å². The highest BCUT2D eigenvalue weighted by atomic mass is 16.1. The van der Waals surface area contributed by atoms with Crippen molar-refractivity contribution in [1.29, 1.82) is 0 Å². The number of allylic oxidation sites excluding steroid dienone is 4. The molecule has 7 aliphatic rings. The standard InChI is InChI=1S/C78H48O.C2H6/c1-46(47-34-38-59-55-22-6-14-30-67(55)76(71(59)42-47)63-26-10-2-18-51(63)52-19-3-11-27-64(52)76)48-35-39-60-57-24-8-16-32-69(57)78(72(60)43-48)70-33-17-9-25-58(70)62-41-37-50(45-74(62)78)75(79)49-36-40-61-56-23-7-15-31-68(56)77(73(61)44-49)65-28-12-4-20-53(65)54-21-5-13-29-66(54)77;1-2/h2-10,12-26,28-45H,1,11,27H2;1-2H3. The average molecular weight is 1030 g/mol. The number of fused-ring (bicyclic) bond motifs is 29. The largest absolute Gasteiger partial charge is 0.289 e. The fourth-order valence-electron chi connectivity index (χ4n) is 16.6. The molecule has 0 amide bonds. The molecule has 380 valence electrons. The fourth-order valence-corrected chi connectivity index (χ4v) is 16.6. The summed E-state index contributed by atoms with van der Waals surface area (Å²) < 4.78 is 0. The first-order valence-electron chi connectivity index (χ1n) is 28.9. The number of hydrogen-bond donors (Lipinski definition) is 0. The number of carbonyl (C=O) groups excluding carboxylic acids is 1. The maximum absolute atomic E-state index is 15.7. The molecule has 0 bridgehead atoms. The van der Waals surface area contributed by atoms with E-state index >= 15 is 4.79 Å². The summed E-state index contributed by atoms with van der Waals surface area (Å²) in [7, 11) is 0. The van der Waals surface area contributed by atoms with Crippen LogP contribution in [0.4, 0.5) is 0 Å². The van der Waals surface area contributed by atoms with Gasteiger partial charge in [-0.25, -0.2) is 0 Å². The molecule has 2 unspecified atom stereocenters. The van der Waals surface area contributed by atoms with Crippen molar-refractivity contribution in [2.24, 2.45) is 0 Å². The summed E-state index contributed by atoms with van der Waals surface area (Å²) in [6, 6.07) is 89.9. The lowest BCUT2D eigenvalue weighted by Gasteiger charge is -2.33. The highest BCUT2D eigenvalue weighted by molar-refractivity contribution is 6.11. The highest BCUT2D eigenvalue weighted by Gasteiger charge is 2.55. The van der Waals surface area contributed by atoms with Gasteiger partial charge in [0.2, 0.25) is 0 Å². The van der Waals surface area contributed by atoms with Crippen LogP contribution < -0.4 is 0 Å². The Bertz CT molecular complexity index is 4650. The van der Waals surface area contributed by atoms with Gasteiger partial charge < -0.3 is 0 Å². The molecule has 0 N–H and O–H groups in total. The Morgan fingerprint density at radius 2 is 0.593 bits per heavy atom. The molecule has 0 heterocycles. The molecular weight excluding hydrogens is 977 g/mol. The van der Waals surface area contributed by atoms with Crippen LogP contribution in [0.3, 0.4) is 0 Å². The van der Waals surface area contributed by atoms with Gasteiger partial charge in [0.15, 0.2) is 5.78 Å².